The second kappa shape index (κ2) is 10.9. The number of benzene rings is 1. The summed E-state index contributed by atoms with van der Waals surface area (Å²) < 4.78 is 50.4. The van der Waals surface area contributed by atoms with E-state index in [2.05, 4.69) is 20.9 Å². The van der Waals surface area contributed by atoms with Crippen molar-refractivity contribution in [3.05, 3.63) is 65.1 Å². The molecule has 12 heteroatoms. The number of halogens is 3. The van der Waals surface area contributed by atoms with Crippen LogP contribution in [-0.2, 0) is 6.18 Å². The number of hydrazine groups is 1. The topological polar surface area (TPSA) is 107 Å². The molecule has 2 amide bonds. The number of nitrogens with zero attached hydrogens (tertiary/aromatic N) is 3. The van der Waals surface area contributed by atoms with Crippen LogP contribution in [0.15, 0.2) is 42.7 Å². The zero-order chi connectivity index (χ0) is 25.6. The largest absolute Gasteiger partial charge is 0.493 e. The van der Waals surface area contributed by atoms with Crippen LogP contribution in [0.1, 0.15) is 51.7 Å². The molecule has 3 rings (SSSR count). The van der Waals surface area contributed by atoms with Crippen LogP contribution in [0.25, 0.3) is 5.82 Å². The summed E-state index contributed by atoms with van der Waals surface area (Å²) in [6, 6.07) is 6.65. The first-order valence-electron chi connectivity index (χ1n) is 10.7. The molecule has 0 radical (unpaired) electrons. The van der Waals surface area contributed by atoms with E-state index in [-0.39, 0.29) is 16.9 Å². The van der Waals surface area contributed by atoms with Crippen LogP contribution in [-0.4, -0.2) is 40.3 Å². The fraction of sp³-hybridized carbons (Fsp3) is 0.304. The molecule has 186 valence electrons. The first-order chi connectivity index (χ1) is 16.7. The SMILES string of the molecule is CCCCOc1ccc(C(=O)NNC(=O)c2cnn(-c3ccc(C(F)(F)F)cn3)c2C)cc1OC. The van der Waals surface area contributed by atoms with Crippen molar-refractivity contribution in [3.63, 3.8) is 0 Å². The third-order valence-corrected chi connectivity index (χ3v) is 5.02. The quantitative estimate of drug-likeness (QED) is 0.366. The number of ether oxygens (including phenoxy) is 2. The van der Waals surface area contributed by atoms with E-state index in [1.54, 1.807) is 13.0 Å². The van der Waals surface area contributed by atoms with E-state index in [1.165, 1.54) is 30.1 Å². The summed E-state index contributed by atoms with van der Waals surface area (Å²) in [7, 11) is 1.46. The molecule has 0 saturated heterocycles. The van der Waals surface area contributed by atoms with E-state index in [0.29, 0.717) is 30.0 Å². The van der Waals surface area contributed by atoms with E-state index in [1.807, 2.05) is 6.92 Å². The van der Waals surface area contributed by atoms with Gasteiger partial charge in [0, 0.05) is 11.8 Å². The summed E-state index contributed by atoms with van der Waals surface area (Å²) in [5.41, 5.74) is 4.35. The van der Waals surface area contributed by atoms with Gasteiger partial charge in [-0.25, -0.2) is 9.67 Å². The van der Waals surface area contributed by atoms with Gasteiger partial charge in [-0.2, -0.15) is 18.3 Å². The van der Waals surface area contributed by atoms with Crippen LogP contribution in [0, 0.1) is 6.92 Å². The number of unbranched alkanes of at least 4 members (excludes halogenated alkanes) is 1. The number of carbonyl (C=O) groups excluding carboxylic acids is 2. The number of amides is 2. The summed E-state index contributed by atoms with van der Waals surface area (Å²) in [5, 5.41) is 4.02. The lowest BCUT2D eigenvalue weighted by Crippen LogP contribution is -2.41. The maximum Gasteiger partial charge on any atom is 0.417 e. The number of alkyl halides is 3. The Bertz CT molecular complexity index is 1190. The molecule has 35 heavy (non-hydrogen) atoms. The van der Waals surface area contributed by atoms with Crippen molar-refractivity contribution in [3.8, 4) is 17.3 Å². The number of nitrogens with one attached hydrogen (secondary N) is 2. The zero-order valence-electron chi connectivity index (χ0n) is 19.3. The van der Waals surface area contributed by atoms with E-state index in [0.717, 1.165) is 25.0 Å². The second-order valence-corrected chi connectivity index (χ2v) is 7.43. The number of carbonyl (C=O) groups is 2. The molecule has 2 heterocycles. The van der Waals surface area contributed by atoms with Crippen LogP contribution < -0.4 is 20.3 Å². The summed E-state index contributed by atoms with van der Waals surface area (Å²) in [6.07, 6.45) is -0.753. The summed E-state index contributed by atoms with van der Waals surface area (Å²) in [6.45, 7) is 4.11. The number of methoxy groups -OCH3 is 1. The average molecular weight is 491 g/mol. The minimum absolute atomic E-state index is 0.101. The van der Waals surface area contributed by atoms with Gasteiger partial charge in [-0.3, -0.25) is 20.4 Å². The molecule has 0 saturated carbocycles. The van der Waals surface area contributed by atoms with Crippen LogP contribution in [0.3, 0.4) is 0 Å². The molecule has 0 aliphatic carbocycles. The van der Waals surface area contributed by atoms with Gasteiger partial charge >= 0.3 is 6.18 Å². The molecular formula is C23H24F3N5O4. The molecule has 2 N–H and O–H groups in total. The first kappa shape index (κ1) is 25.5. The third kappa shape index (κ3) is 6.08. The van der Waals surface area contributed by atoms with Crippen molar-refractivity contribution in [2.45, 2.75) is 32.9 Å². The molecule has 0 aliphatic heterocycles. The lowest BCUT2D eigenvalue weighted by atomic mass is 10.2. The van der Waals surface area contributed by atoms with Gasteiger partial charge in [-0.1, -0.05) is 13.3 Å². The highest BCUT2D eigenvalue weighted by Crippen LogP contribution is 2.29. The smallest absolute Gasteiger partial charge is 0.417 e. The van der Waals surface area contributed by atoms with Crippen molar-refractivity contribution in [2.24, 2.45) is 0 Å². The fourth-order valence-corrected chi connectivity index (χ4v) is 3.05. The van der Waals surface area contributed by atoms with Crippen LogP contribution in [0.4, 0.5) is 13.2 Å². The molecule has 0 atom stereocenters. The third-order valence-electron chi connectivity index (χ3n) is 5.02. The standard InChI is InChI=1S/C23H24F3N5O4/c1-4-5-10-35-18-8-6-15(11-19(18)34-3)21(32)29-30-22(33)17-13-28-31(14(17)2)20-9-7-16(12-27-20)23(24,25)26/h6-9,11-13H,4-5,10H2,1-3H3,(H,29,32)(H,30,33). The molecular weight excluding hydrogens is 467 g/mol. The molecule has 9 nitrogen and oxygen atoms in total. The van der Waals surface area contributed by atoms with Gasteiger partial charge < -0.3 is 9.47 Å². The Balaban J connectivity index is 1.66. The van der Waals surface area contributed by atoms with E-state index < -0.39 is 23.6 Å². The van der Waals surface area contributed by atoms with Crippen molar-refractivity contribution in [1.29, 1.82) is 0 Å². The zero-order valence-corrected chi connectivity index (χ0v) is 19.3. The van der Waals surface area contributed by atoms with Gasteiger partial charge in [-0.15, -0.1) is 0 Å². The highest BCUT2D eigenvalue weighted by Gasteiger charge is 2.31. The second-order valence-electron chi connectivity index (χ2n) is 7.43. The average Bonchev–Trinajstić information content (AvgIpc) is 3.23. The summed E-state index contributed by atoms with van der Waals surface area (Å²) in [4.78, 5) is 28.8. The van der Waals surface area contributed by atoms with Crippen LogP contribution in [0.5, 0.6) is 11.5 Å². The molecule has 1 aromatic carbocycles. The van der Waals surface area contributed by atoms with Gasteiger partial charge in [0.2, 0.25) is 0 Å². The lowest BCUT2D eigenvalue weighted by Gasteiger charge is -2.12. The normalized spacial score (nSPS) is 11.1. The van der Waals surface area contributed by atoms with E-state index >= 15 is 0 Å². The Morgan fingerprint density at radius 2 is 1.80 bits per heavy atom. The molecule has 0 fully saturated rings. The van der Waals surface area contributed by atoms with E-state index in [9.17, 15) is 22.8 Å². The number of hydrogen-bond acceptors (Lipinski definition) is 6. The Hall–Kier alpha value is -4.09. The van der Waals surface area contributed by atoms with Crippen molar-refractivity contribution < 1.29 is 32.2 Å². The van der Waals surface area contributed by atoms with E-state index in [4.69, 9.17) is 9.47 Å². The number of hydrogen-bond donors (Lipinski definition) is 2. The molecule has 3 aromatic rings. The van der Waals surface area contributed by atoms with Crippen molar-refractivity contribution in [1.82, 2.24) is 25.6 Å². The van der Waals surface area contributed by atoms with Gasteiger partial charge in [-0.05, 0) is 43.7 Å². The first-order valence-corrected chi connectivity index (χ1v) is 10.7. The number of rotatable bonds is 8. The minimum atomic E-state index is -4.51. The summed E-state index contributed by atoms with van der Waals surface area (Å²) in [5.74, 6) is -0.277. The summed E-state index contributed by atoms with van der Waals surface area (Å²) >= 11 is 0. The van der Waals surface area contributed by atoms with Crippen LogP contribution >= 0.6 is 0 Å². The lowest BCUT2D eigenvalue weighted by molar-refractivity contribution is -0.137. The van der Waals surface area contributed by atoms with Gasteiger partial charge in [0.05, 0.1) is 36.7 Å². The molecule has 0 unspecified atom stereocenters. The Labute approximate surface area is 199 Å². The predicted molar refractivity (Wildman–Crippen MR) is 119 cm³/mol. The Kier molecular flexibility index (Phi) is 7.94. The Morgan fingerprint density at radius 3 is 2.43 bits per heavy atom. The van der Waals surface area contributed by atoms with Crippen LogP contribution in [0.2, 0.25) is 0 Å². The molecule has 2 aromatic heterocycles. The maximum atomic E-state index is 12.7. The van der Waals surface area contributed by atoms with Gasteiger partial charge in [0.25, 0.3) is 11.8 Å². The molecule has 0 bridgehead atoms. The monoisotopic (exact) mass is 491 g/mol. The maximum absolute atomic E-state index is 12.7. The van der Waals surface area contributed by atoms with Crippen molar-refractivity contribution in [2.75, 3.05) is 13.7 Å². The minimum Gasteiger partial charge on any atom is -0.493 e. The molecule has 0 spiro atoms. The highest BCUT2D eigenvalue weighted by atomic mass is 19.4. The fourth-order valence-electron chi connectivity index (χ4n) is 3.05. The number of aromatic nitrogens is 3. The Morgan fingerprint density at radius 1 is 1.06 bits per heavy atom. The van der Waals surface area contributed by atoms with Crippen molar-refractivity contribution >= 4 is 11.8 Å². The van der Waals surface area contributed by atoms with Gasteiger partial charge in [0.15, 0.2) is 17.3 Å². The number of pyridine rings is 1. The van der Waals surface area contributed by atoms with Gasteiger partial charge in [0.1, 0.15) is 0 Å². The molecule has 0 aliphatic rings. The predicted octanol–water partition coefficient (Wildman–Crippen LogP) is 3.86. The highest BCUT2D eigenvalue weighted by molar-refractivity contribution is 5.99.